The molecule has 0 atom stereocenters. The maximum Gasteiger partial charge on any atom is 0.336 e. The molecule has 108 valence electrons. The number of para-hydroxylation sites is 1. The fourth-order valence-electron chi connectivity index (χ4n) is 1.61. The second kappa shape index (κ2) is 6.73. The lowest BCUT2D eigenvalue weighted by atomic mass is 10.2. The molecule has 2 aromatic carbocycles. The van der Waals surface area contributed by atoms with Gasteiger partial charge in [-0.25, -0.2) is 9.59 Å². The van der Waals surface area contributed by atoms with Gasteiger partial charge in [-0.2, -0.15) is 0 Å². The van der Waals surface area contributed by atoms with Crippen molar-refractivity contribution in [2.24, 2.45) is 0 Å². The molecule has 5 nitrogen and oxygen atoms in total. The zero-order valence-electron chi connectivity index (χ0n) is 10.6. The number of nitrogens with one attached hydrogen (secondary N) is 2. The largest absolute Gasteiger partial charge is 0.478 e. The Morgan fingerprint density at radius 1 is 0.952 bits per heavy atom. The number of hydrogen-bond acceptors (Lipinski definition) is 2. The molecule has 3 N–H and O–H groups in total. The Hall–Kier alpha value is -1.86. The average molecular weight is 414 g/mol. The molecule has 2 aromatic rings. The van der Waals surface area contributed by atoms with Crippen LogP contribution < -0.4 is 10.6 Å². The number of benzene rings is 2. The molecule has 0 heterocycles. The Labute approximate surface area is 137 Å². The van der Waals surface area contributed by atoms with Gasteiger partial charge in [0.1, 0.15) is 0 Å². The van der Waals surface area contributed by atoms with E-state index in [0.717, 1.165) is 4.47 Å². The Kier molecular flexibility index (Phi) is 4.98. The summed E-state index contributed by atoms with van der Waals surface area (Å²) < 4.78 is 1.20. The first-order valence-electron chi connectivity index (χ1n) is 5.83. The van der Waals surface area contributed by atoms with Crippen molar-refractivity contribution in [1.82, 2.24) is 0 Å². The number of aromatic carboxylic acids is 1. The van der Waals surface area contributed by atoms with Crippen LogP contribution in [0.15, 0.2) is 51.4 Å². The van der Waals surface area contributed by atoms with E-state index in [9.17, 15) is 9.59 Å². The van der Waals surface area contributed by atoms with Gasteiger partial charge in [-0.1, -0.05) is 12.1 Å². The predicted octanol–water partition coefficient (Wildman–Crippen LogP) is 4.55. The molecule has 0 bridgehead atoms. The summed E-state index contributed by atoms with van der Waals surface area (Å²) in [6, 6.07) is 11.3. The number of rotatable bonds is 3. The lowest BCUT2D eigenvalue weighted by Gasteiger charge is -2.10. The highest BCUT2D eigenvalue weighted by Crippen LogP contribution is 2.23. The van der Waals surface area contributed by atoms with Gasteiger partial charge in [0.25, 0.3) is 0 Å². The second-order valence-corrected chi connectivity index (χ2v) is 5.77. The van der Waals surface area contributed by atoms with E-state index in [4.69, 9.17) is 5.11 Å². The van der Waals surface area contributed by atoms with Crippen LogP contribution in [0.5, 0.6) is 0 Å². The molecule has 0 aromatic heterocycles. The van der Waals surface area contributed by atoms with Gasteiger partial charge < -0.3 is 15.7 Å². The van der Waals surface area contributed by atoms with Gasteiger partial charge in [0.05, 0.1) is 11.3 Å². The molecule has 0 saturated carbocycles. The fraction of sp³-hybridized carbons (Fsp3) is 0. The van der Waals surface area contributed by atoms with Crippen LogP contribution in [0.25, 0.3) is 0 Å². The molecular formula is C14H10Br2N2O3. The van der Waals surface area contributed by atoms with E-state index in [1.165, 1.54) is 6.07 Å². The van der Waals surface area contributed by atoms with Crippen molar-refractivity contribution >= 4 is 55.2 Å². The van der Waals surface area contributed by atoms with Gasteiger partial charge in [-0.15, -0.1) is 0 Å². The zero-order chi connectivity index (χ0) is 15.4. The van der Waals surface area contributed by atoms with Crippen molar-refractivity contribution in [2.45, 2.75) is 0 Å². The van der Waals surface area contributed by atoms with Crippen LogP contribution in [0.2, 0.25) is 0 Å². The highest BCUT2D eigenvalue weighted by molar-refractivity contribution is 9.11. The Morgan fingerprint density at radius 3 is 2.33 bits per heavy atom. The molecule has 2 rings (SSSR count). The van der Waals surface area contributed by atoms with E-state index < -0.39 is 12.0 Å². The summed E-state index contributed by atoms with van der Waals surface area (Å²) in [5, 5.41) is 14.3. The summed E-state index contributed by atoms with van der Waals surface area (Å²) in [6.45, 7) is 0. The van der Waals surface area contributed by atoms with E-state index >= 15 is 0 Å². The lowest BCUT2D eigenvalue weighted by Crippen LogP contribution is -2.19. The summed E-state index contributed by atoms with van der Waals surface area (Å²) >= 11 is 6.47. The SMILES string of the molecule is O=C(Nc1ccc(Br)c(C(=O)O)c1)Nc1ccccc1Br. The van der Waals surface area contributed by atoms with E-state index in [0.29, 0.717) is 15.8 Å². The highest BCUT2D eigenvalue weighted by Gasteiger charge is 2.11. The van der Waals surface area contributed by atoms with E-state index in [1.807, 2.05) is 6.07 Å². The Morgan fingerprint density at radius 2 is 1.67 bits per heavy atom. The van der Waals surface area contributed by atoms with Crippen LogP contribution in [0.1, 0.15) is 10.4 Å². The van der Waals surface area contributed by atoms with Gasteiger partial charge in [0.15, 0.2) is 0 Å². The van der Waals surface area contributed by atoms with Crippen molar-refractivity contribution in [3.8, 4) is 0 Å². The first-order valence-corrected chi connectivity index (χ1v) is 7.41. The number of urea groups is 1. The molecule has 0 aliphatic rings. The van der Waals surface area contributed by atoms with Crippen LogP contribution >= 0.6 is 31.9 Å². The molecule has 0 unspecified atom stereocenters. The summed E-state index contributed by atoms with van der Waals surface area (Å²) in [5.74, 6) is -1.07. The third-order valence-corrected chi connectivity index (χ3v) is 3.96. The lowest BCUT2D eigenvalue weighted by molar-refractivity contribution is 0.0696. The summed E-state index contributed by atoms with van der Waals surface area (Å²) in [4.78, 5) is 22.9. The minimum atomic E-state index is -1.07. The number of carbonyl (C=O) groups excluding carboxylic acids is 1. The predicted molar refractivity (Wildman–Crippen MR) is 87.9 cm³/mol. The number of halogens is 2. The summed E-state index contributed by atoms with van der Waals surface area (Å²) in [5.41, 5.74) is 1.08. The smallest absolute Gasteiger partial charge is 0.336 e. The molecule has 0 aliphatic heterocycles. The van der Waals surface area contributed by atoms with E-state index in [2.05, 4.69) is 42.5 Å². The molecule has 0 radical (unpaired) electrons. The van der Waals surface area contributed by atoms with Crippen LogP contribution in [0.4, 0.5) is 16.2 Å². The third kappa shape index (κ3) is 4.05. The van der Waals surface area contributed by atoms with E-state index in [-0.39, 0.29) is 5.56 Å². The fourth-order valence-corrected chi connectivity index (χ4v) is 2.41. The number of amides is 2. The molecule has 21 heavy (non-hydrogen) atoms. The van der Waals surface area contributed by atoms with Crippen molar-refractivity contribution in [3.05, 3.63) is 57.0 Å². The van der Waals surface area contributed by atoms with Gasteiger partial charge >= 0.3 is 12.0 Å². The molecule has 0 spiro atoms. The molecule has 0 saturated heterocycles. The molecule has 0 fully saturated rings. The van der Waals surface area contributed by atoms with Crippen LogP contribution in [-0.2, 0) is 0 Å². The first-order chi connectivity index (χ1) is 9.97. The second-order valence-electron chi connectivity index (χ2n) is 4.06. The van der Waals surface area contributed by atoms with Crippen LogP contribution in [0, 0.1) is 0 Å². The van der Waals surface area contributed by atoms with Crippen molar-refractivity contribution in [3.63, 3.8) is 0 Å². The zero-order valence-corrected chi connectivity index (χ0v) is 13.7. The molecule has 2 amide bonds. The monoisotopic (exact) mass is 412 g/mol. The topological polar surface area (TPSA) is 78.4 Å². The van der Waals surface area contributed by atoms with Crippen LogP contribution in [-0.4, -0.2) is 17.1 Å². The Bertz CT molecular complexity index is 704. The van der Waals surface area contributed by atoms with Crippen molar-refractivity contribution < 1.29 is 14.7 Å². The van der Waals surface area contributed by atoms with Crippen LogP contribution in [0.3, 0.4) is 0 Å². The van der Waals surface area contributed by atoms with Gasteiger partial charge in [0.2, 0.25) is 0 Å². The number of carboxylic acid groups (broad SMARTS) is 1. The normalized spacial score (nSPS) is 10.0. The number of anilines is 2. The summed E-state index contributed by atoms with van der Waals surface area (Å²) in [6.07, 6.45) is 0. The molecule has 0 aliphatic carbocycles. The van der Waals surface area contributed by atoms with Gasteiger partial charge in [-0.3, -0.25) is 0 Å². The maximum absolute atomic E-state index is 11.9. The average Bonchev–Trinajstić information content (AvgIpc) is 2.43. The molecular weight excluding hydrogens is 404 g/mol. The highest BCUT2D eigenvalue weighted by atomic mass is 79.9. The van der Waals surface area contributed by atoms with E-state index in [1.54, 1.807) is 30.3 Å². The van der Waals surface area contributed by atoms with Crippen molar-refractivity contribution in [2.75, 3.05) is 10.6 Å². The number of carbonyl (C=O) groups is 2. The third-order valence-electron chi connectivity index (χ3n) is 2.58. The first kappa shape index (κ1) is 15.5. The van der Waals surface area contributed by atoms with Gasteiger partial charge in [0, 0.05) is 14.6 Å². The van der Waals surface area contributed by atoms with Crippen molar-refractivity contribution in [1.29, 1.82) is 0 Å². The Balaban J connectivity index is 2.12. The minimum absolute atomic E-state index is 0.0775. The quantitative estimate of drug-likeness (QED) is 0.690. The summed E-state index contributed by atoms with van der Waals surface area (Å²) in [7, 11) is 0. The number of carboxylic acids is 1. The standard InChI is InChI=1S/C14H10Br2N2O3/c15-10-6-5-8(7-9(10)13(19)20)17-14(21)18-12-4-2-1-3-11(12)16/h1-7H,(H,19,20)(H2,17,18,21). The molecule has 7 heteroatoms. The maximum atomic E-state index is 11.9. The van der Waals surface area contributed by atoms with Gasteiger partial charge in [-0.05, 0) is 62.2 Å². The number of hydrogen-bond donors (Lipinski definition) is 3. The minimum Gasteiger partial charge on any atom is -0.478 e.